The molecule has 2 radical (unpaired) electrons. The summed E-state index contributed by atoms with van der Waals surface area (Å²) in [5, 5.41) is 0. The van der Waals surface area contributed by atoms with Crippen LogP contribution in [0.5, 0.6) is 0 Å². The van der Waals surface area contributed by atoms with Gasteiger partial charge in [0.05, 0.1) is 0 Å². The first-order valence-electron chi connectivity index (χ1n) is 10.8. The Kier molecular flexibility index (Phi) is 9.73. The van der Waals surface area contributed by atoms with E-state index in [1.165, 1.54) is 57.8 Å². The zero-order chi connectivity index (χ0) is 19.1. The predicted molar refractivity (Wildman–Crippen MR) is 123 cm³/mol. The van der Waals surface area contributed by atoms with Crippen LogP contribution in [0, 0.1) is 0 Å². The molecule has 0 fully saturated rings. The maximum atomic E-state index is 2.56. The summed E-state index contributed by atoms with van der Waals surface area (Å²) >= 11 is -0.407. The minimum absolute atomic E-state index is 0.0638. The van der Waals surface area contributed by atoms with Crippen LogP contribution in [0.1, 0.15) is 93.6 Å². The van der Waals surface area contributed by atoms with Crippen LogP contribution in [0.4, 0.5) is 0 Å². The molecule has 144 valence electrons. The number of hydrogen-bond acceptors (Lipinski definition) is 0. The van der Waals surface area contributed by atoms with E-state index in [4.69, 9.17) is 0 Å². The van der Waals surface area contributed by atoms with E-state index >= 15 is 0 Å². The maximum absolute atomic E-state index is 2.56. The Bertz CT molecular complexity index is 615. The first-order chi connectivity index (χ1) is 12.6. The topological polar surface area (TPSA) is 0 Å². The molecule has 0 saturated heterocycles. The molecule has 1 atom stereocenters. The van der Waals surface area contributed by atoms with Crippen molar-refractivity contribution in [3.63, 3.8) is 0 Å². The first-order valence-corrected chi connectivity index (χ1v) is 17.4. The van der Waals surface area contributed by atoms with Crippen molar-refractivity contribution in [2.24, 2.45) is 0 Å². The van der Waals surface area contributed by atoms with Crippen LogP contribution in [0.15, 0.2) is 15.7 Å². The third-order valence-corrected chi connectivity index (χ3v) is 11.3. The van der Waals surface area contributed by atoms with Gasteiger partial charge in [0.2, 0.25) is 0 Å². The summed E-state index contributed by atoms with van der Waals surface area (Å²) < 4.78 is 1.96. The number of fused-ring (bicyclic) bond motifs is 1. The summed E-state index contributed by atoms with van der Waals surface area (Å²) in [6.45, 7) is 12.0. The summed E-state index contributed by atoms with van der Waals surface area (Å²) in [7, 11) is 0.0638. The van der Waals surface area contributed by atoms with Gasteiger partial charge in [0, 0.05) is 0 Å². The summed E-state index contributed by atoms with van der Waals surface area (Å²) in [6.07, 6.45) is 11.9. The Morgan fingerprint density at radius 1 is 0.885 bits per heavy atom. The van der Waals surface area contributed by atoms with E-state index in [0.717, 1.165) is 5.66 Å². The van der Waals surface area contributed by atoms with E-state index in [2.05, 4.69) is 51.2 Å². The molecule has 26 heavy (non-hydrogen) atoms. The zero-order valence-corrected chi connectivity index (χ0v) is 21.8. The van der Waals surface area contributed by atoms with Crippen LogP contribution in [0.2, 0.25) is 4.94 Å². The third kappa shape index (κ3) is 4.96. The number of rotatable bonds is 11. The van der Waals surface area contributed by atoms with Crippen LogP contribution in [-0.4, -0.2) is 34.5 Å². The van der Waals surface area contributed by atoms with Crippen molar-refractivity contribution in [1.82, 2.24) is 0 Å². The van der Waals surface area contributed by atoms with Crippen molar-refractivity contribution >= 4 is 34.6 Å². The Morgan fingerprint density at radius 3 is 2.08 bits per heavy atom. The summed E-state index contributed by atoms with van der Waals surface area (Å²) in [5.41, 5.74) is 9.56. The van der Waals surface area contributed by atoms with E-state index < -0.39 is 21.1 Å². The van der Waals surface area contributed by atoms with E-state index in [-0.39, 0.29) is 7.92 Å². The normalized spacial score (nSPS) is 16.7. The van der Waals surface area contributed by atoms with Crippen LogP contribution >= 0.6 is 7.92 Å². The monoisotopic (exact) mass is 478 g/mol. The molecule has 0 aromatic heterocycles. The molecule has 0 nitrogen and oxygen atoms in total. The fourth-order valence-electron chi connectivity index (χ4n) is 4.43. The second-order valence-electron chi connectivity index (χ2n) is 7.99. The molecule has 2 heteroatoms. The molecular formula is C24H39PSn. The van der Waals surface area contributed by atoms with Gasteiger partial charge in [-0.25, -0.2) is 0 Å². The minimum atomic E-state index is -0.407. The number of unbranched alkanes of at least 4 members (excludes halogenated alkanes) is 3. The Labute approximate surface area is 174 Å². The third-order valence-electron chi connectivity index (χ3n) is 5.78. The van der Waals surface area contributed by atoms with E-state index in [1.807, 2.05) is 9.16 Å². The molecule has 1 unspecified atom stereocenters. The van der Waals surface area contributed by atoms with Gasteiger partial charge < -0.3 is 0 Å². The SMILES string of the molecule is CCCCC1=[C]([Sn][CH3])C(P(C)C)c2ccc(CCCC)c(CCCC)c21. The summed E-state index contributed by atoms with van der Waals surface area (Å²) in [4.78, 5) is 2.56. The van der Waals surface area contributed by atoms with Crippen molar-refractivity contribution in [1.29, 1.82) is 0 Å². The van der Waals surface area contributed by atoms with E-state index in [0.29, 0.717) is 0 Å². The summed E-state index contributed by atoms with van der Waals surface area (Å²) in [5.74, 6) is 0. The van der Waals surface area contributed by atoms with E-state index in [9.17, 15) is 0 Å². The molecule has 0 aliphatic heterocycles. The van der Waals surface area contributed by atoms with Crippen molar-refractivity contribution in [3.8, 4) is 0 Å². The van der Waals surface area contributed by atoms with Gasteiger partial charge in [-0.3, -0.25) is 0 Å². The second-order valence-corrected chi connectivity index (χ2v) is 13.4. The van der Waals surface area contributed by atoms with Gasteiger partial charge in [-0.2, -0.15) is 0 Å². The molecule has 1 aromatic rings. The first kappa shape index (κ1) is 22.5. The second kappa shape index (κ2) is 11.3. The van der Waals surface area contributed by atoms with Gasteiger partial charge in [-0.1, -0.05) is 0 Å². The fraction of sp³-hybridized carbons (Fsp3) is 0.667. The van der Waals surface area contributed by atoms with Crippen LogP contribution in [0.25, 0.3) is 5.57 Å². The number of benzene rings is 1. The number of aryl methyl sites for hydroxylation is 1. The molecule has 0 amide bonds. The van der Waals surface area contributed by atoms with Gasteiger partial charge in [0.15, 0.2) is 0 Å². The zero-order valence-electron chi connectivity index (χ0n) is 18.0. The standard InChI is InChI=1S/C23H36P.CH3.Sn/c1-6-9-12-18-15-16-21-22(24(4)5)17-19(13-10-7-2)23(21)20(18)14-11-8-3;;/h15-16,22H,6-14H2,1-5H3;1H3;. The molecule has 0 bridgehead atoms. The molecule has 1 aliphatic rings. The molecule has 0 N–H and O–H groups in total. The Hall–Kier alpha value is 0.189. The van der Waals surface area contributed by atoms with E-state index in [1.54, 1.807) is 22.3 Å². The molecular weight excluding hydrogens is 438 g/mol. The predicted octanol–water partition coefficient (Wildman–Crippen LogP) is 7.82. The van der Waals surface area contributed by atoms with Crippen molar-refractivity contribution in [2.75, 3.05) is 13.3 Å². The average molecular weight is 477 g/mol. The molecule has 1 aliphatic carbocycles. The molecule has 1 aromatic carbocycles. The number of allylic oxidation sites excluding steroid dienone is 2. The molecule has 2 rings (SSSR count). The molecule has 0 saturated carbocycles. The Balaban J connectivity index is 2.61. The van der Waals surface area contributed by atoms with Gasteiger partial charge in [0.1, 0.15) is 0 Å². The number of hydrogen-bond donors (Lipinski definition) is 0. The van der Waals surface area contributed by atoms with Crippen LogP contribution < -0.4 is 0 Å². The molecule has 0 spiro atoms. The summed E-state index contributed by atoms with van der Waals surface area (Å²) in [6, 6.07) is 5.07. The van der Waals surface area contributed by atoms with Crippen molar-refractivity contribution in [3.05, 3.63) is 38.0 Å². The Morgan fingerprint density at radius 2 is 1.50 bits per heavy atom. The molecule has 0 heterocycles. The average Bonchev–Trinajstić information content (AvgIpc) is 2.96. The van der Waals surface area contributed by atoms with Gasteiger partial charge in [0.25, 0.3) is 0 Å². The van der Waals surface area contributed by atoms with Gasteiger partial charge >= 0.3 is 175 Å². The van der Waals surface area contributed by atoms with Crippen LogP contribution in [0.3, 0.4) is 0 Å². The van der Waals surface area contributed by atoms with Gasteiger partial charge in [-0.05, 0) is 0 Å². The fourth-order valence-corrected chi connectivity index (χ4v) is 11.7. The van der Waals surface area contributed by atoms with Crippen molar-refractivity contribution in [2.45, 2.75) is 89.2 Å². The van der Waals surface area contributed by atoms with Gasteiger partial charge in [-0.15, -0.1) is 0 Å². The van der Waals surface area contributed by atoms with Crippen molar-refractivity contribution < 1.29 is 0 Å². The quantitative estimate of drug-likeness (QED) is 0.225. The van der Waals surface area contributed by atoms with Crippen LogP contribution in [-0.2, 0) is 12.8 Å².